The number of nitrogens with zero attached hydrogens (tertiary/aromatic N) is 5. The van der Waals surface area contributed by atoms with E-state index in [1.54, 1.807) is 0 Å². The quantitative estimate of drug-likeness (QED) is 0.402. The second-order valence-electron chi connectivity index (χ2n) is 9.20. The summed E-state index contributed by atoms with van der Waals surface area (Å²) in [5.41, 5.74) is 2.48. The molecule has 10 heteroatoms. The number of benzene rings is 2. The Morgan fingerprint density at radius 3 is 1.69 bits per heavy atom. The molecule has 0 radical (unpaired) electrons. The van der Waals surface area contributed by atoms with Crippen LogP contribution in [0, 0.1) is 0 Å². The Balaban J connectivity index is 1.13. The predicted octanol–water partition coefficient (Wildman–Crippen LogP) is 5.38. The molecule has 0 bridgehead atoms. The van der Waals surface area contributed by atoms with E-state index < -0.39 is 0 Å². The first-order valence-electron chi connectivity index (χ1n) is 12.1. The normalized spacial score (nSPS) is 17.5. The molecular formula is C26H28Cl3N5OS. The molecule has 0 unspecified atom stereocenters. The van der Waals surface area contributed by atoms with Gasteiger partial charge in [0.2, 0.25) is 0 Å². The van der Waals surface area contributed by atoms with Crippen molar-refractivity contribution in [3.8, 4) is 0 Å². The summed E-state index contributed by atoms with van der Waals surface area (Å²) in [7, 11) is 0. The van der Waals surface area contributed by atoms with Crippen LogP contribution in [0.4, 0.5) is 5.13 Å². The van der Waals surface area contributed by atoms with Gasteiger partial charge in [-0.15, -0.1) is 0 Å². The third-order valence-corrected chi connectivity index (χ3v) is 8.70. The van der Waals surface area contributed by atoms with Crippen molar-refractivity contribution in [2.24, 2.45) is 0 Å². The molecule has 2 saturated heterocycles. The maximum Gasteiger partial charge on any atom is 0.267 e. The van der Waals surface area contributed by atoms with Crippen molar-refractivity contribution in [3.63, 3.8) is 0 Å². The molecule has 2 aliphatic rings. The van der Waals surface area contributed by atoms with Crippen LogP contribution < -0.4 is 4.90 Å². The van der Waals surface area contributed by atoms with Crippen LogP contribution in [0.25, 0.3) is 0 Å². The standard InChI is InChI=1S/C26H28Cl3N5OS/c27-21-5-1-19(2-6-21)17-31-9-13-33(14-10-31)25(35)23-24(29)30-26(36-23)34-15-11-32(12-16-34)18-20-3-7-22(28)8-4-20/h1-8H,9-18H2. The molecule has 1 amide bonds. The average molecular weight is 565 g/mol. The van der Waals surface area contributed by atoms with Gasteiger partial charge in [-0.1, -0.05) is 70.4 Å². The molecule has 2 fully saturated rings. The first-order valence-corrected chi connectivity index (χ1v) is 14.0. The van der Waals surface area contributed by atoms with Crippen LogP contribution >= 0.6 is 46.1 Å². The number of anilines is 1. The molecule has 190 valence electrons. The zero-order valence-corrected chi connectivity index (χ0v) is 23.0. The molecule has 1 aromatic heterocycles. The van der Waals surface area contributed by atoms with Crippen molar-refractivity contribution in [1.82, 2.24) is 19.7 Å². The van der Waals surface area contributed by atoms with Gasteiger partial charge in [0.05, 0.1) is 0 Å². The molecule has 2 aliphatic heterocycles. The highest BCUT2D eigenvalue weighted by atomic mass is 35.5. The molecule has 0 N–H and O–H groups in total. The molecule has 0 aliphatic carbocycles. The van der Waals surface area contributed by atoms with Crippen molar-refractivity contribution in [2.75, 3.05) is 57.3 Å². The van der Waals surface area contributed by atoms with E-state index in [0.717, 1.165) is 67.5 Å². The second-order valence-corrected chi connectivity index (χ2v) is 11.4. The van der Waals surface area contributed by atoms with E-state index in [4.69, 9.17) is 34.8 Å². The number of piperazine rings is 2. The summed E-state index contributed by atoms with van der Waals surface area (Å²) in [5, 5.41) is 2.65. The van der Waals surface area contributed by atoms with Crippen molar-refractivity contribution in [1.29, 1.82) is 0 Å². The minimum absolute atomic E-state index is 0.0173. The third kappa shape index (κ3) is 6.33. The van der Waals surface area contributed by atoms with Crippen molar-refractivity contribution in [2.45, 2.75) is 13.1 Å². The fraction of sp³-hybridized carbons (Fsp3) is 0.385. The van der Waals surface area contributed by atoms with Crippen LogP contribution in [-0.2, 0) is 13.1 Å². The molecule has 3 heterocycles. The molecule has 2 aromatic carbocycles. The van der Waals surface area contributed by atoms with Gasteiger partial charge in [0.25, 0.3) is 5.91 Å². The smallest absolute Gasteiger partial charge is 0.267 e. The molecule has 6 nitrogen and oxygen atoms in total. The molecular weight excluding hydrogens is 537 g/mol. The lowest BCUT2D eigenvalue weighted by Gasteiger charge is -2.35. The lowest BCUT2D eigenvalue weighted by molar-refractivity contribution is 0.0633. The van der Waals surface area contributed by atoms with E-state index in [1.807, 2.05) is 29.2 Å². The molecule has 36 heavy (non-hydrogen) atoms. The number of carbonyl (C=O) groups excluding carboxylic acids is 1. The first kappa shape index (κ1) is 25.8. The summed E-state index contributed by atoms with van der Waals surface area (Å²) in [4.78, 5) is 27.2. The van der Waals surface area contributed by atoms with E-state index >= 15 is 0 Å². The highest BCUT2D eigenvalue weighted by Crippen LogP contribution is 2.32. The third-order valence-electron chi connectivity index (χ3n) is 6.71. The van der Waals surface area contributed by atoms with Crippen LogP contribution in [-0.4, -0.2) is 77.9 Å². The Labute approximate surface area is 231 Å². The molecule has 0 saturated carbocycles. The zero-order chi connectivity index (χ0) is 25.1. The average Bonchev–Trinajstić information content (AvgIpc) is 3.29. The van der Waals surface area contributed by atoms with Crippen LogP contribution in [0.1, 0.15) is 20.8 Å². The van der Waals surface area contributed by atoms with Gasteiger partial charge in [-0.2, -0.15) is 0 Å². The van der Waals surface area contributed by atoms with Gasteiger partial charge in [0.15, 0.2) is 10.3 Å². The lowest BCUT2D eigenvalue weighted by atomic mass is 10.2. The van der Waals surface area contributed by atoms with Gasteiger partial charge in [-0.3, -0.25) is 14.6 Å². The summed E-state index contributed by atoms with van der Waals surface area (Å²) in [5.74, 6) is -0.0173. The Kier molecular flexibility index (Phi) is 8.35. The Morgan fingerprint density at radius 2 is 1.19 bits per heavy atom. The fourth-order valence-corrected chi connectivity index (χ4v) is 6.16. The van der Waals surface area contributed by atoms with E-state index in [1.165, 1.54) is 22.5 Å². The number of aromatic nitrogens is 1. The highest BCUT2D eigenvalue weighted by molar-refractivity contribution is 7.18. The Bertz CT molecular complexity index is 1170. The molecule has 3 aromatic rings. The Hall–Kier alpha value is -1.87. The summed E-state index contributed by atoms with van der Waals surface area (Å²) in [6, 6.07) is 16.0. The largest absolute Gasteiger partial charge is 0.345 e. The van der Waals surface area contributed by atoms with Gasteiger partial charge >= 0.3 is 0 Å². The number of thiazole rings is 1. The monoisotopic (exact) mass is 563 g/mol. The van der Waals surface area contributed by atoms with Gasteiger partial charge in [0.1, 0.15) is 4.88 Å². The van der Waals surface area contributed by atoms with Gasteiger partial charge in [0, 0.05) is 75.5 Å². The molecule has 0 spiro atoms. The van der Waals surface area contributed by atoms with E-state index in [-0.39, 0.29) is 5.91 Å². The summed E-state index contributed by atoms with van der Waals surface area (Å²) < 4.78 is 0. The minimum Gasteiger partial charge on any atom is -0.345 e. The highest BCUT2D eigenvalue weighted by Gasteiger charge is 2.28. The Morgan fingerprint density at radius 1 is 0.722 bits per heavy atom. The summed E-state index contributed by atoms with van der Waals surface area (Å²) >= 11 is 19.9. The number of rotatable bonds is 6. The maximum absolute atomic E-state index is 13.2. The number of carbonyl (C=O) groups is 1. The molecule has 5 rings (SSSR count). The van der Waals surface area contributed by atoms with Crippen LogP contribution in [0.3, 0.4) is 0 Å². The van der Waals surface area contributed by atoms with E-state index in [0.29, 0.717) is 23.1 Å². The predicted molar refractivity (Wildman–Crippen MR) is 149 cm³/mol. The zero-order valence-electron chi connectivity index (χ0n) is 19.9. The number of hydrogen-bond donors (Lipinski definition) is 0. The van der Waals surface area contributed by atoms with Gasteiger partial charge in [-0.05, 0) is 35.4 Å². The SMILES string of the molecule is O=C(c1sc(N2CCN(Cc3ccc(Cl)cc3)CC2)nc1Cl)N1CCN(Cc2ccc(Cl)cc2)CC1. The van der Waals surface area contributed by atoms with E-state index in [2.05, 4.69) is 43.9 Å². The lowest BCUT2D eigenvalue weighted by Crippen LogP contribution is -2.48. The fourth-order valence-electron chi connectivity index (χ4n) is 4.60. The van der Waals surface area contributed by atoms with Crippen molar-refractivity contribution < 1.29 is 4.79 Å². The minimum atomic E-state index is -0.0173. The van der Waals surface area contributed by atoms with Crippen LogP contribution in [0.2, 0.25) is 15.2 Å². The number of amides is 1. The topological polar surface area (TPSA) is 42.9 Å². The first-order chi connectivity index (χ1) is 17.4. The van der Waals surface area contributed by atoms with Gasteiger partial charge in [-0.25, -0.2) is 4.98 Å². The van der Waals surface area contributed by atoms with Crippen molar-refractivity contribution >= 4 is 57.2 Å². The van der Waals surface area contributed by atoms with Crippen molar-refractivity contribution in [3.05, 3.63) is 79.7 Å². The molecule has 0 atom stereocenters. The summed E-state index contributed by atoms with van der Waals surface area (Å²) in [6.07, 6.45) is 0. The second kappa shape index (κ2) is 11.7. The van der Waals surface area contributed by atoms with Gasteiger partial charge < -0.3 is 9.80 Å². The summed E-state index contributed by atoms with van der Waals surface area (Å²) in [6.45, 7) is 8.34. The maximum atomic E-state index is 13.2. The van der Waals surface area contributed by atoms with Crippen LogP contribution in [0.15, 0.2) is 48.5 Å². The number of hydrogen-bond acceptors (Lipinski definition) is 6. The van der Waals surface area contributed by atoms with Crippen LogP contribution in [0.5, 0.6) is 0 Å². The number of halogens is 3. The van der Waals surface area contributed by atoms with E-state index in [9.17, 15) is 4.79 Å².